The summed E-state index contributed by atoms with van der Waals surface area (Å²) in [6.45, 7) is 1.80. The second-order valence-corrected chi connectivity index (χ2v) is 6.42. The topological polar surface area (TPSA) is 39.2 Å². The zero-order valence-corrected chi connectivity index (χ0v) is 14.0. The lowest BCUT2D eigenvalue weighted by Crippen LogP contribution is -2.06. The van der Waals surface area contributed by atoms with Crippen molar-refractivity contribution < 1.29 is 9.53 Å². The minimum Gasteiger partial charge on any atom is -0.455 e. The van der Waals surface area contributed by atoms with Crippen LogP contribution in [0.5, 0.6) is 0 Å². The van der Waals surface area contributed by atoms with Gasteiger partial charge in [0.05, 0.1) is 10.2 Å². The molecule has 116 valence electrons. The van der Waals surface area contributed by atoms with Gasteiger partial charge in [0.25, 0.3) is 0 Å². The van der Waals surface area contributed by atoms with Crippen molar-refractivity contribution in [1.29, 1.82) is 0 Å². The van der Waals surface area contributed by atoms with Gasteiger partial charge in [-0.25, -0.2) is 9.78 Å². The van der Waals surface area contributed by atoms with E-state index in [9.17, 15) is 4.79 Å². The van der Waals surface area contributed by atoms with Crippen LogP contribution in [0.2, 0.25) is 5.02 Å². The van der Waals surface area contributed by atoms with Gasteiger partial charge in [0.1, 0.15) is 11.1 Å². The van der Waals surface area contributed by atoms with Crippen LogP contribution in [0.15, 0.2) is 54.6 Å². The zero-order valence-electron chi connectivity index (χ0n) is 12.4. The van der Waals surface area contributed by atoms with Crippen LogP contribution in [0.1, 0.15) is 23.6 Å². The first-order valence-corrected chi connectivity index (χ1v) is 8.31. The molecule has 3 aromatic rings. The Morgan fingerprint density at radius 2 is 1.96 bits per heavy atom. The number of aromatic nitrogens is 1. The number of halogens is 1. The van der Waals surface area contributed by atoms with Gasteiger partial charge in [-0.3, -0.25) is 0 Å². The average molecular weight is 344 g/mol. The highest BCUT2D eigenvalue weighted by Gasteiger charge is 2.12. The molecular weight excluding hydrogens is 330 g/mol. The normalized spacial score (nSPS) is 12.6. The lowest BCUT2D eigenvalue weighted by atomic mass is 10.1. The van der Waals surface area contributed by atoms with E-state index >= 15 is 0 Å². The summed E-state index contributed by atoms with van der Waals surface area (Å²) in [6, 6.07) is 15.2. The first-order chi connectivity index (χ1) is 11.1. The van der Waals surface area contributed by atoms with E-state index in [0.29, 0.717) is 5.02 Å². The molecule has 1 aromatic heterocycles. The third kappa shape index (κ3) is 3.78. The number of nitrogens with zero attached hydrogens (tertiary/aromatic N) is 1. The highest BCUT2D eigenvalue weighted by Crippen LogP contribution is 2.25. The summed E-state index contributed by atoms with van der Waals surface area (Å²) in [7, 11) is 0. The lowest BCUT2D eigenvalue weighted by molar-refractivity contribution is -0.142. The molecule has 0 amide bonds. The first kappa shape index (κ1) is 15.7. The fourth-order valence-electron chi connectivity index (χ4n) is 2.18. The molecule has 0 spiro atoms. The van der Waals surface area contributed by atoms with Crippen molar-refractivity contribution in [3.05, 3.63) is 70.2 Å². The fraction of sp³-hybridized carbons (Fsp3) is 0.111. The van der Waals surface area contributed by atoms with Gasteiger partial charge in [0, 0.05) is 16.7 Å². The van der Waals surface area contributed by atoms with Gasteiger partial charge in [-0.2, -0.15) is 0 Å². The lowest BCUT2D eigenvalue weighted by Gasteiger charge is -2.13. The van der Waals surface area contributed by atoms with Gasteiger partial charge < -0.3 is 4.74 Å². The SMILES string of the molecule is CC(OC(=O)/C=C/c1nc2ccccc2s1)c1ccccc1Cl. The predicted octanol–water partition coefficient (Wildman–Crippen LogP) is 5.27. The number of hydrogen-bond acceptors (Lipinski definition) is 4. The number of rotatable bonds is 4. The second-order valence-electron chi connectivity index (χ2n) is 4.95. The number of para-hydroxylation sites is 1. The zero-order chi connectivity index (χ0) is 16.2. The molecule has 3 nitrogen and oxygen atoms in total. The van der Waals surface area contributed by atoms with E-state index in [2.05, 4.69) is 4.98 Å². The van der Waals surface area contributed by atoms with Crippen molar-refractivity contribution in [2.75, 3.05) is 0 Å². The van der Waals surface area contributed by atoms with Crippen LogP contribution in [0, 0.1) is 0 Å². The predicted molar refractivity (Wildman–Crippen MR) is 94.6 cm³/mol. The van der Waals surface area contributed by atoms with E-state index in [0.717, 1.165) is 20.8 Å². The largest absolute Gasteiger partial charge is 0.455 e. The Labute approximate surface area is 143 Å². The van der Waals surface area contributed by atoms with Gasteiger partial charge in [0.2, 0.25) is 0 Å². The maximum Gasteiger partial charge on any atom is 0.331 e. The third-order valence-corrected chi connectivity index (χ3v) is 4.65. The molecule has 3 rings (SSSR count). The summed E-state index contributed by atoms with van der Waals surface area (Å²) in [5.74, 6) is -0.420. The van der Waals surface area contributed by atoms with Gasteiger partial charge in [-0.15, -0.1) is 11.3 Å². The average Bonchev–Trinajstić information content (AvgIpc) is 2.96. The number of thiazole rings is 1. The summed E-state index contributed by atoms with van der Waals surface area (Å²) < 4.78 is 6.47. The van der Waals surface area contributed by atoms with Crippen LogP contribution in [-0.4, -0.2) is 11.0 Å². The highest BCUT2D eigenvalue weighted by molar-refractivity contribution is 7.19. The number of benzene rings is 2. The molecule has 0 aliphatic rings. The molecule has 0 aliphatic heterocycles. The monoisotopic (exact) mass is 343 g/mol. The van der Waals surface area contributed by atoms with Crippen molar-refractivity contribution >= 4 is 45.2 Å². The molecule has 1 unspecified atom stereocenters. The first-order valence-electron chi connectivity index (χ1n) is 7.12. The third-order valence-electron chi connectivity index (χ3n) is 3.31. The molecule has 0 fully saturated rings. The van der Waals surface area contributed by atoms with Crippen molar-refractivity contribution in [3.8, 4) is 0 Å². The van der Waals surface area contributed by atoms with Crippen molar-refractivity contribution in [3.63, 3.8) is 0 Å². The Hall–Kier alpha value is -2.17. The molecule has 0 bridgehead atoms. The minimum absolute atomic E-state index is 0.406. The minimum atomic E-state index is -0.420. The van der Waals surface area contributed by atoms with Gasteiger partial charge in [0.15, 0.2) is 0 Å². The quantitative estimate of drug-likeness (QED) is 0.478. The summed E-state index contributed by atoms with van der Waals surface area (Å²) in [4.78, 5) is 16.4. The molecule has 5 heteroatoms. The van der Waals surface area contributed by atoms with Gasteiger partial charge in [-0.05, 0) is 31.2 Å². The van der Waals surface area contributed by atoms with Crippen molar-refractivity contribution in [2.24, 2.45) is 0 Å². The second kappa shape index (κ2) is 6.94. The Morgan fingerprint density at radius 3 is 2.74 bits per heavy atom. The molecule has 0 saturated carbocycles. The number of carbonyl (C=O) groups excluding carboxylic acids is 1. The Bertz CT molecular complexity index is 839. The summed E-state index contributed by atoms with van der Waals surface area (Å²) in [5, 5.41) is 1.36. The molecule has 1 heterocycles. The molecule has 2 aromatic carbocycles. The number of esters is 1. The molecule has 0 N–H and O–H groups in total. The van der Waals surface area contributed by atoms with E-state index < -0.39 is 12.1 Å². The van der Waals surface area contributed by atoms with Crippen molar-refractivity contribution in [1.82, 2.24) is 4.98 Å². The Morgan fingerprint density at radius 1 is 1.22 bits per heavy atom. The number of carbonyl (C=O) groups is 1. The van der Waals surface area contributed by atoms with Crippen LogP contribution in [0.4, 0.5) is 0 Å². The number of hydrogen-bond donors (Lipinski definition) is 0. The standard InChI is InChI=1S/C18H14ClNO2S/c1-12(13-6-2-3-7-14(13)19)22-18(21)11-10-17-20-15-8-4-5-9-16(15)23-17/h2-12H,1H3/b11-10+. The molecule has 1 atom stereocenters. The maximum atomic E-state index is 12.0. The van der Waals surface area contributed by atoms with E-state index in [1.807, 2.05) is 42.5 Å². The molecule has 23 heavy (non-hydrogen) atoms. The fourth-order valence-corrected chi connectivity index (χ4v) is 3.34. The van der Waals surface area contributed by atoms with Crippen LogP contribution >= 0.6 is 22.9 Å². The van der Waals surface area contributed by atoms with Crippen LogP contribution in [-0.2, 0) is 9.53 Å². The van der Waals surface area contributed by atoms with Crippen LogP contribution in [0.3, 0.4) is 0 Å². The number of ether oxygens (including phenoxy) is 1. The highest BCUT2D eigenvalue weighted by atomic mass is 35.5. The molecule has 0 saturated heterocycles. The van der Waals surface area contributed by atoms with Gasteiger partial charge in [-0.1, -0.05) is 41.9 Å². The van der Waals surface area contributed by atoms with Gasteiger partial charge >= 0.3 is 5.97 Å². The van der Waals surface area contributed by atoms with Crippen LogP contribution in [0.25, 0.3) is 16.3 Å². The summed E-state index contributed by atoms with van der Waals surface area (Å²) in [6.07, 6.45) is 2.66. The molecular formula is C18H14ClNO2S. The summed E-state index contributed by atoms with van der Waals surface area (Å²) >= 11 is 7.63. The Balaban J connectivity index is 1.68. The van der Waals surface area contributed by atoms with Crippen LogP contribution < -0.4 is 0 Å². The summed E-state index contributed by atoms with van der Waals surface area (Å²) in [5.41, 5.74) is 1.71. The number of fused-ring (bicyclic) bond motifs is 1. The smallest absolute Gasteiger partial charge is 0.331 e. The van der Waals surface area contributed by atoms with E-state index in [1.54, 1.807) is 19.1 Å². The molecule has 0 radical (unpaired) electrons. The Kier molecular flexibility index (Phi) is 4.74. The van der Waals surface area contributed by atoms with E-state index in [4.69, 9.17) is 16.3 Å². The van der Waals surface area contributed by atoms with E-state index in [-0.39, 0.29) is 0 Å². The molecule has 0 aliphatic carbocycles. The van der Waals surface area contributed by atoms with Crippen molar-refractivity contribution in [2.45, 2.75) is 13.0 Å². The maximum absolute atomic E-state index is 12.0. The van der Waals surface area contributed by atoms with E-state index in [1.165, 1.54) is 17.4 Å².